The summed E-state index contributed by atoms with van der Waals surface area (Å²) in [6.07, 6.45) is 5.15. The van der Waals surface area contributed by atoms with Gasteiger partial charge < -0.3 is 11.1 Å². The second-order valence-corrected chi connectivity index (χ2v) is 5.65. The molecule has 0 spiro atoms. The van der Waals surface area contributed by atoms with E-state index in [4.69, 9.17) is 18.0 Å². The maximum Gasteiger partial charge on any atom is 0.188 e. The van der Waals surface area contributed by atoms with Crippen molar-refractivity contribution in [2.24, 2.45) is 5.73 Å². The van der Waals surface area contributed by atoms with E-state index in [0.29, 0.717) is 10.8 Å². The molecule has 3 rings (SSSR count). The van der Waals surface area contributed by atoms with Gasteiger partial charge in [0.1, 0.15) is 10.8 Å². The number of aromatic nitrogens is 2. The van der Waals surface area contributed by atoms with Crippen LogP contribution in [0.15, 0.2) is 18.3 Å². The lowest BCUT2D eigenvalue weighted by molar-refractivity contribution is 0.900. The molecule has 18 heavy (non-hydrogen) atoms. The number of nitrogens with one attached hydrogen (secondary N) is 1. The number of nitrogens with two attached hydrogens (primary N) is 1. The smallest absolute Gasteiger partial charge is 0.188 e. The molecule has 0 unspecified atom stereocenters. The average molecular weight is 276 g/mol. The number of thiocarbonyl (C=S) groups is 1. The van der Waals surface area contributed by atoms with Crippen LogP contribution in [-0.2, 0) is 12.8 Å². The van der Waals surface area contributed by atoms with Gasteiger partial charge in [0.25, 0.3) is 0 Å². The highest BCUT2D eigenvalue weighted by atomic mass is 32.1. The molecule has 0 atom stereocenters. The van der Waals surface area contributed by atoms with E-state index in [1.807, 2.05) is 12.1 Å². The second kappa shape index (κ2) is 4.62. The monoisotopic (exact) mass is 276 g/mol. The van der Waals surface area contributed by atoms with E-state index in [-0.39, 0.29) is 0 Å². The number of nitrogens with zero attached hydrogens (tertiary/aromatic N) is 2. The van der Waals surface area contributed by atoms with E-state index in [1.54, 1.807) is 17.5 Å². The van der Waals surface area contributed by atoms with Crippen LogP contribution >= 0.6 is 23.6 Å². The molecule has 1 aliphatic rings. The van der Waals surface area contributed by atoms with E-state index >= 15 is 0 Å². The van der Waals surface area contributed by atoms with Gasteiger partial charge in [0.2, 0.25) is 0 Å². The Morgan fingerprint density at radius 3 is 3.11 bits per heavy atom. The van der Waals surface area contributed by atoms with E-state index in [2.05, 4.69) is 15.3 Å². The number of aryl methyl sites for hydroxylation is 2. The number of pyridine rings is 1. The Kier molecular flexibility index (Phi) is 2.97. The fraction of sp³-hybridized carbons (Fsp3) is 0.250. The van der Waals surface area contributed by atoms with Crippen molar-refractivity contribution in [2.45, 2.75) is 19.3 Å². The third-order valence-electron chi connectivity index (χ3n) is 2.89. The van der Waals surface area contributed by atoms with Gasteiger partial charge in [-0.2, -0.15) is 0 Å². The van der Waals surface area contributed by atoms with Gasteiger partial charge in [-0.05, 0) is 31.4 Å². The standard InChI is InChI=1S/C12H12N4S2/c13-10(17)7-3-2-6-14-11(7)16-12-15-8-4-1-5-9(8)18-12/h2-3,6H,1,4-5H2,(H2,13,17)(H,14,15,16). The molecule has 0 aliphatic heterocycles. The van der Waals surface area contributed by atoms with E-state index in [0.717, 1.165) is 23.5 Å². The summed E-state index contributed by atoms with van der Waals surface area (Å²) in [6, 6.07) is 3.68. The number of hydrogen-bond acceptors (Lipinski definition) is 5. The van der Waals surface area contributed by atoms with Crippen LogP contribution in [0.25, 0.3) is 0 Å². The molecule has 6 heteroatoms. The molecule has 0 fully saturated rings. The van der Waals surface area contributed by atoms with Crippen LogP contribution in [0.5, 0.6) is 0 Å². The van der Waals surface area contributed by atoms with Crippen molar-refractivity contribution in [1.82, 2.24) is 9.97 Å². The van der Waals surface area contributed by atoms with Crippen LogP contribution in [-0.4, -0.2) is 15.0 Å². The van der Waals surface area contributed by atoms with Crippen molar-refractivity contribution >= 4 is 39.5 Å². The van der Waals surface area contributed by atoms with Gasteiger partial charge in [-0.15, -0.1) is 11.3 Å². The first kappa shape index (κ1) is 11.6. The average Bonchev–Trinajstić information content (AvgIpc) is 2.90. The Morgan fingerprint density at radius 1 is 1.44 bits per heavy atom. The van der Waals surface area contributed by atoms with Crippen LogP contribution < -0.4 is 11.1 Å². The number of rotatable bonds is 3. The normalized spacial score (nSPS) is 13.3. The molecular weight excluding hydrogens is 264 g/mol. The van der Waals surface area contributed by atoms with Crippen LogP contribution in [0.4, 0.5) is 10.9 Å². The fourth-order valence-electron chi connectivity index (χ4n) is 2.05. The quantitative estimate of drug-likeness (QED) is 0.843. The van der Waals surface area contributed by atoms with Gasteiger partial charge >= 0.3 is 0 Å². The first-order valence-electron chi connectivity index (χ1n) is 5.74. The highest BCUT2D eigenvalue weighted by molar-refractivity contribution is 7.80. The lowest BCUT2D eigenvalue weighted by atomic mass is 10.2. The van der Waals surface area contributed by atoms with Gasteiger partial charge in [0, 0.05) is 11.1 Å². The summed E-state index contributed by atoms with van der Waals surface area (Å²) in [6.45, 7) is 0. The lowest BCUT2D eigenvalue weighted by Crippen LogP contribution is -2.12. The van der Waals surface area contributed by atoms with Crippen LogP contribution in [0.3, 0.4) is 0 Å². The SMILES string of the molecule is NC(=S)c1cccnc1Nc1nc2c(s1)CCC2. The maximum absolute atomic E-state index is 5.68. The molecule has 92 valence electrons. The molecule has 2 heterocycles. The third-order valence-corrected chi connectivity index (χ3v) is 4.19. The number of thiazole rings is 1. The summed E-state index contributed by atoms with van der Waals surface area (Å²) in [5, 5.41) is 4.08. The molecule has 4 nitrogen and oxygen atoms in total. The summed E-state index contributed by atoms with van der Waals surface area (Å²) in [5.41, 5.74) is 7.65. The highest BCUT2D eigenvalue weighted by Gasteiger charge is 2.17. The van der Waals surface area contributed by atoms with Gasteiger partial charge in [0.05, 0.1) is 11.3 Å². The number of hydrogen-bond donors (Lipinski definition) is 2. The molecule has 2 aromatic heterocycles. The van der Waals surface area contributed by atoms with E-state index in [9.17, 15) is 0 Å². The molecule has 2 aromatic rings. The Labute approximate surface area is 114 Å². The lowest BCUT2D eigenvalue weighted by Gasteiger charge is -2.06. The molecule has 0 bridgehead atoms. The van der Waals surface area contributed by atoms with Crippen molar-refractivity contribution in [2.75, 3.05) is 5.32 Å². The fourth-order valence-corrected chi connectivity index (χ4v) is 3.26. The summed E-state index contributed by atoms with van der Waals surface area (Å²) in [5.74, 6) is 0.678. The zero-order chi connectivity index (χ0) is 12.5. The zero-order valence-corrected chi connectivity index (χ0v) is 11.3. The van der Waals surface area contributed by atoms with Crippen LogP contribution in [0.1, 0.15) is 22.6 Å². The molecular formula is C12H12N4S2. The summed E-state index contributed by atoms with van der Waals surface area (Å²) >= 11 is 6.70. The minimum Gasteiger partial charge on any atom is -0.389 e. The zero-order valence-electron chi connectivity index (χ0n) is 9.64. The Bertz CT molecular complexity index is 584. The molecule has 0 amide bonds. The van der Waals surface area contributed by atoms with Crippen molar-refractivity contribution in [3.8, 4) is 0 Å². The summed E-state index contributed by atoms with van der Waals surface area (Å²) < 4.78 is 0. The van der Waals surface area contributed by atoms with Crippen LogP contribution in [0, 0.1) is 0 Å². The summed E-state index contributed by atoms with van der Waals surface area (Å²) in [7, 11) is 0. The minimum absolute atomic E-state index is 0.342. The Balaban J connectivity index is 1.90. The van der Waals surface area contributed by atoms with Gasteiger partial charge in [-0.1, -0.05) is 12.2 Å². The second-order valence-electron chi connectivity index (χ2n) is 4.13. The molecule has 0 radical (unpaired) electrons. The predicted molar refractivity (Wildman–Crippen MR) is 77.5 cm³/mol. The summed E-state index contributed by atoms with van der Waals surface area (Å²) in [4.78, 5) is 10.6. The third kappa shape index (κ3) is 2.09. The molecule has 0 saturated heterocycles. The van der Waals surface area contributed by atoms with Crippen molar-refractivity contribution in [1.29, 1.82) is 0 Å². The maximum atomic E-state index is 5.68. The first-order valence-corrected chi connectivity index (χ1v) is 6.97. The largest absolute Gasteiger partial charge is 0.389 e. The van der Waals surface area contributed by atoms with Gasteiger partial charge in [-0.25, -0.2) is 9.97 Å². The van der Waals surface area contributed by atoms with Crippen molar-refractivity contribution < 1.29 is 0 Å². The van der Waals surface area contributed by atoms with Crippen molar-refractivity contribution in [3.05, 3.63) is 34.5 Å². The predicted octanol–water partition coefficient (Wildman–Crippen LogP) is 2.40. The Hall–Kier alpha value is -1.53. The number of fused-ring (bicyclic) bond motifs is 1. The van der Waals surface area contributed by atoms with Gasteiger partial charge in [0.15, 0.2) is 5.13 Å². The molecule has 0 aromatic carbocycles. The highest BCUT2D eigenvalue weighted by Crippen LogP contribution is 2.32. The Morgan fingerprint density at radius 2 is 2.33 bits per heavy atom. The van der Waals surface area contributed by atoms with Crippen molar-refractivity contribution in [3.63, 3.8) is 0 Å². The topological polar surface area (TPSA) is 63.8 Å². The molecule has 1 aliphatic carbocycles. The van der Waals surface area contributed by atoms with Gasteiger partial charge in [-0.3, -0.25) is 0 Å². The number of anilines is 2. The van der Waals surface area contributed by atoms with Crippen LogP contribution in [0.2, 0.25) is 0 Å². The minimum atomic E-state index is 0.342. The van der Waals surface area contributed by atoms with E-state index < -0.39 is 0 Å². The van der Waals surface area contributed by atoms with E-state index in [1.165, 1.54) is 17.0 Å². The first-order chi connectivity index (χ1) is 8.74. The molecule has 3 N–H and O–H groups in total. The molecule has 0 saturated carbocycles.